The molecule has 0 saturated carbocycles. The molecular formula is C25H29ClN2O3. The molecule has 1 aliphatic heterocycles. The molecule has 0 radical (unpaired) electrons. The third kappa shape index (κ3) is 4.11. The normalized spacial score (nSPS) is 14.8. The third-order valence-electron chi connectivity index (χ3n) is 6.39. The van der Waals surface area contributed by atoms with Crippen molar-refractivity contribution in [3.05, 3.63) is 47.5 Å². The number of aromatic amines is 1. The number of hydrogen-bond acceptors (Lipinski definition) is 3. The first-order valence-electron chi connectivity index (χ1n) is 10.8. The van der Waals surface area contributed by atoms with Crippen LogP contribution in [0.3, 0.4) is 0 Å². The number of halogens is 1. The molecule has 2 heterocycles. The molecule has 5 nitrogen and oxygen atoms in total. The van der Waals surface area contributed by atoms with Gasteiger partial charge in [0, 0.05) is 35.2 Å². The number of carbonyl (C=O) groups excluding carboxylic acids is 1. The number of methoxy groups -OCH3 is 2. The van der Waals surface area contributed by atoms with Crippen LogP contribution in [0.2, 0.25) is 0 Å². The van der Waals surface area contributed by atoms with Crippen LogP contribution in [0.5, 0.6) is 11.5 Å². The number of fused-ring (bicyclic) bond motifs is 1. The number of carbonyl (C=O) groups is 1. The van der Waals surface area contributed by atoms with Crippen LogP contribution < -0.4 is 9.47 Å². The monoisotopic (exact) mass is 440 g/mol. The minimum Gasteiger partial charge on any atom is -0.493 e. The number of amides is 1. The highest BCUT2D eigenvalue weighted by atomic mass is 35.5. The van der Waals surface area contributed by atoms with E-state index in [9.17, 15) is 4.79 Å². The van der Waals surface area contributed by atoms with Crippen LogP contribution in [0.4, 0.5) is 0 Å². The average molecular weight is 441 g/mol. The zero-order chi connectivity index (χ0) is 22.0. The van der Waals surface area contributed by atoms with Gasteiger partial charge in [-0.25, -0.2) is 0 Å². The van der Waals surface area contributed by atoms with Crippen molar-refractivity contribution in [2.24, 2.45) is 0 Å². The molecule has 2 aromatic carbocycles. The second-order valence-electron chi connectivity index (χ2n) is 8.00. The van der Waals surface area contributed by atoms with E-state index in [0.717, 1.165) is 60.6 Å². The SMILES string of the molecule is CCc1c(-c2ccc(OC)c(OC)c2)[nH]c2ccc(C3CCN(C(=O)CCl)CC3)cc12. The van der Waals surface area contributed by atoms with Gasteiger partial charge in [0.2, 0.25) is 5.91 Å². The molecule has 1 N–H and O–H groups in total. The summed E-state index contributed by atoms with van der Waals surface area (Å²) in [5.41, 5.74) is 6.00. The fraction of sp³-hybridized carbons (Fsp3) is 0.400. The highest BCUT2D eigenvalue weighted by Crippen LogP contribution is 2.38. The Hall–Kier alpha value is -2.66. The second kappa shape index (κ2) is 9.23. The van der Waals surface area contributed by atoms with Gasteiger partial charge in [-0.3, -0.25) is 4.79 Å². The molecule has 3 aromatic rings. The Bertz CT molecular complexity index is 1080. The van der Waals surface area contributed by atoms with Gasteiger partial charge in [-0.1, -0.05) is 13.0 Å². The zero-order valence-corrected chi connectivity index (χ0v) is 19.1. The van der Waals surface area contributed by atoms with Crippen molar-refractivity contribution >= 4 is 28.4 Å². The van der Waals surface area contributed by atoms with E-state index in [1.54, 1.807) is 14.2 Å². The third-order valence-corrected chi connectivity index (χ3v) is 6.62. The van der Waals surface area contributed by atoms with Gasteiger partial charge < -0.3 is 19.4 Å². The van der Waals surface area contributed by atoms with Crippen LogP contribution in [0.15, 0.2) is 36.4 Å². The molecule has 1 fully saturated rings. The predicted molar refractivity (Wildman–Crippen MR) is 125 cm³/mol. The Morgan fingerprint density at radius 1 is 1.10 bits per heavy atom. The van der Waals surface area contributed by atoms with Gasteiger partial charge in [0.25, 0.3) is 0 Å². The summed E-state index contributed by atoms with van der Waals surface area (Å²) in [5.74, 6) is 2.02. The quantitative estimate of drug-likeness (QED) is 0.525. The van der Waals surface area contributed by atoms with Crippen LogP contribution in [-0.4, -0.2) is 49.0 Å². The molecule has 0 atom stereocenters. The highest BCUT2D eigenvalue weighted by molar-refractivity contribution is 6.27. The predicted octanol–water partition coefficient (Wildman–Crippen LogP) is 5.36. The van der Waals surface area contributed by atoms with E-state index in [1.165, 1.54) is 16.5 Å². The van der Waals surface area contributed by atoms with Crippen LogP contribution in [0.25, 0.3) is 22.2 Å². The fourth-order valence-electron chi connectivity index (χ4n) is 4.67. The highest BCUT2D eigenvalue weighted by Gasteiger charge is 2.24. The van der Waals surface area contributed by atoms with Gasteiger partial charge in [0.1, 0.15) is 5.88 Å². The lowest BCUT2D eigenvalue weighted by atomic mass is 9.88. The molecule has 1 amide bonds. The number of hydrogen-bond donors (Lipinski definition) is 1. The van der Waals surface area contributed by atoms with Gasteiger partial charge in [-0.15, -0.1) is 11.6 Å². The number of ether oxygens (including phenoxy) is 2. The van der Waals surface area contributed by atoms with Crippen molar-refractivity contribution in [3.63, 3.8) is 0 Å². The molecule has 164 valence electrons. The number of nitrogens with one attached hydrogen (secondary N) is 1. The minimum atomic E-state index is 0.0361. The maximum Gasteiger partial charge on any atom is 0.237 e. The standard InChI is InChI=1S/C25H29ClN2O3/c1-4-19-20-13-17(16-9-11-28(12-10-16)24(29)15-26)5-7-21(20)27-25(19)18-6-8-22(30-2)23(14-18)31-3/h5-8,13-14,16,27H,4,9-12,15H2,1-3H3. The maximum atomic E-state index is 11.9. The van der Waals surface area contributed by atoms with Gasteiger partial charge >= 0.3 is 0 Å². The van der Waals surface area contributed by atoms with Crippen molar-refractivity contribution in [1.29, 1.82) is 0 Å². The van der Waals surface area contributed by atoms with E-state index in [-0.39, 0.29) is 11.8 Å². The Labute approximate surface area is 188 Å². The Morgan fingerprint density at radius 3 is 2.48 bits per heavy atom. The summed E-state index contributed by atoms with van der Waals surface area (Å²) in [5, 5.41) is 1.27. The van der Waals surface area contributed by atoms with Crippen LogP contribution in [0, 0.1) is 0 Å². The molecule has 1 aliphatic rings. The number of aromatic nitrogens is 1. The van der Waals surface area contributed by atoms with Crippen molar-refractivity contribution < 1.29 is 14.3 Å². The summed E-state index contributed by atoms with van der Waals surface area (Å²) in [7, 11) is 3.31. The molecule has 0 bridgehead atoms. The molecule has 1 saturated heterocycles. The number of likely N-dealkylation sites (tertiary alicyclic amines) is 1. The first kappa shape index (κ1) is 21.6. The number of alkyl halides is 1. The number of benzene rings is 2. The summed E-state index contributed by atoms with van der Waals surface area (Å²) in [6.07, 6.45) is 2.88. The first-order chi connectivity index (χ1) is 15.1. The van der Waals surface area contributed by atoms with Crippen molar-refractivity contribution in [3.8, 4) is 22.8 Å². The van der Waals surface area contributed by atoms with E-state index >= 15 is 0 Å². The first-order valence-corrected chi connectivity index (χ1v) is 11.3. The van der Waals surface area contributed by atoms with Crippen molar-refractivity contribution in [2.45, 2.75) is 32.1 Å². The summed E-state index contributed by atoms with van der Waals surface area (Å²) in [6, 6.07) is 12.8. The summed E-state index contributed by atoms with van der Waals surface area (Å²) >= 11 is 5.72. The molecule has 6 heteroatoms. The van der Waals surface area contributed by atoms with E-state index < -0.39 is 0 Å². The van der Waals surface area contributed by atoms with Gasteiger partial charge in [-0.05, 0) is 66.6 Å². The number of H-pyrrole nitrogens is 1. The molecule has 0 aliphatic carbocycles. The van der Waals surface area contributed by atoms with Gasteiger partial charge in [-0.2, -0.15) is 0 Å². The fourth-order valence-corrected chi connectivity index (χ4v) is 4.84. The van der Waals surface area contributed by atoms with Gasteiger partial charge in [0.15, 0.2) is 11.5 Å². The Morgan fingerprint density at radius 2 is 1.84 bits per heavy atom. The number of aryl methyl sites for hydroxylation is 1. The van der Waals surface area contributed by atoms with E-state index in [2.05, 4.69) is 36.2 Å². The zero-order valence-electron chi connectivity index (χ0n) is 18.3. The smallest absolute Gasteiger partial charge is 0.237 e. The Kier molecular flexibility index (Phi) is 6.42. The van der Waals surface area contributed by atoms with E-state index in [4.69, 9.17) is 21.1 Å². The Balaban J connectivity index is 1.66. The molecule has 0 unspecified atom stereocenters. The number of piperidine rings is 1. The number of rotatable bonds is 6. The van der Waals surface area contributed by atoms with Crippen molar-refractivity contribution in [1.82, 2.24) is 9.88 Å². The molecule has 4 rings (SSSR count). The molecular weight excluding hydrogens is 412 g/mol. The number of nitrogens with zero attached hydrogens (tertiary/aromatic N) is 1. The molecule has 31 heavy (non-hydrogen) atoms. The minimum absolute atomic E-state index is 0.0361. The summed E-state index contributed by atoms with van der Waals surface area (Å²) < 4.78 is 10.9. The molecule has 1 aromatic heterocycles. The largest absolute Gasteiger partial charge is 0.493 e. The topological polar surface area (TPSA) is 54.6 Å². The lowest BCUT2D eigenvalue weighted by molar-refractivity contribution is -0.129. The second-order valence-corrected chi connectivity index (χ2v) is 8.26. The lowest BCUT2D eigenvalue weighted by Crippen LogP contribution is -2.38. The van der Waals surface area contributed by atoms with Crippen LogP contribution >= 0.6 is 11.6 Å². The van der Waals surface area contributed by atoms with Gasteiger partial charge in [0.05, 0.1) is 14.2 Å². The maximum absolute atomic E-state index is 11.9. The lowest BCUT2D eigenvalue weighted by Gasteiger charge is -2.32. The van der Waals surface area contributed by atoms with E-state index in [0.29, 0.717) is 5.92 Å². The van der Waals surface area contributed by atoms with Crippen LogP contribution in [-0.2, 0) is 11.2 Å². The van der Waals surface area contributed by atoms with Crippen LogP contribution in [0.1, 0.15) is 36.8 Å². The van der Waals surface area contributed by atoms with E-state index in [1.807, 2.05) is 17.0 Å². The summed E-state index contributed by atoms with van der Waals surface area (Å²) in [6.45, 7) is 3.74. The average Bonchev–Trinajstić information content (AvgIpc) is 3.20. The molecule has 0 spiro atoms. The van der Waals surface area contributed by atoms with Crippen molar-refractivity contribution in [2.75, 3.05) is 33.2 Å². The summed E-state index contributed by atoms with van der Waals surface area (Å²) in [4.78, 5) is 17.4.